The number of ether oxygens (including phenoxy) is 1. The molecule has 0 spiro atoms. The summed E-state index contributed by atoms with van der Waals surface area (Å²) in [5, 5.41) is 0. The highest BCUT2D eigenvalue weighted by atomic mass is 16.5. The highest BCUT2D eigenvalue weighted by Crippen LogP contribution is 2.23. The predicted octanol–water partition coefficient (Wildman–Crippen LogP) is 0.882. The molecular formula is C13H24N2O3. The summed E-state index contributed by atoms with van der Waals surface area (Å²) in [6.45, 7) is 3.16. The second kappa shape index (κ2) is 7.36. The second-order valence-electron chi connectivity index (χ2n) is 4.83. The van der Waals surface area contributed by atoms with E-state index in [1.165, 1.54) is 20.0 Å². The summed E-state index contributed by atoms with van der Waals surface area (Å²) in [7, 11) is 3.17. The fourth-order valence-electron chi connectivity index (χ4n) is 2.28. The number of hydrogen-bond donors (Lipinski definition) is 0. The molecule has 1 aliphatic rings. The fraction of sp³-hybridized carbons (Fsp3) is 0.846. The van der Waals surface area contributed by atoms with Gasteiger partial charge in [0, 0.05) is 19.6 Å². The molecule has 1 fully saturated rings. The first-order valence-corrected chi connectivity index (χ1v) is 6.63. The maximum absolute atomic E-state index is 11.9. The van der Waals surface area contributed by atoms with Crippen molar-refractivity contribution in [1.29, 1.82) is 0 Å². The molecule has 18 heavy (non-hydrogen) atoms. The Bertz CT molecular complexity index is 288. The van der Waals surface area contributed by atoms with Gasteiger partial charge in [0.1, 0.15) is 0 Å². The largest absolute Gasteiger partial charge is 0.468 e. The molecule has 1 amide bonds. The summed E-state index contributed by atoms with van der Waals surface area (Å²) in [6, 6.07) is 0.346. The van der Waals surface area contributed by atoms with Crippen molar-refractivity contribution >= 4 is 11.9 Å². The number of carbonyl (C=O) groups is 2. The van der Waals surface area contributed by atoms with Crippen LogP contribution in [0.1, 0.15) is 32.6 Å². The summed E-state index contributed by atoms with van der Waals surface area (Å²) in [5.74, 6) is -0.206. The molecule has 5 nitrogen and oxygen atoms in total. The van der Waals surface area contributed by atoms with Gasteiger partial charge in [-0.25, -0.2) is 0 Å². The Morgan fingerprint density at radius 1 is 1.22 bits per heavy atom. The third kappa shape index (κ3) is 4.29. The van der Waals surface area contributed by atoms with Crippen LogP contribution in [-0.2, 0) is 14.3 Å². The Balaban J connectivity index is 2.58. The van der Waals surface area contributed by atoms with Crippen LogP contribution in [0.4, 0.5) is 0 Å². The van der Waals surface area contributed by atoms with Crippen molar-refractivity contribution < 1.29 is 14.3 Å². The molecule has 0 heterocycles. The third-order valence-electron chi connectivity index (χ3n) is 3.64. The van der Waals surface area contributed by atoms with Crippen molar-refractivity contribution in [3.05, 3.63) is 0 Å². The molecule has 0 aliphatic heterocycles. The topological polar surface area (TPSA) is 49.9 Å². The molecule has 0 bridgehead atoms. The lowest BCUT2D eigenvalue weighted by atomic mass is 10.2. The first-order chi connectivity index (χ1) is 8.58. The Labute approximate surface area is 109 Å². The SMILES string of the molecule is CCN(C)C(=O)CN(CC(=O)OC)C1CCCC1. The molecule has 1 aliphatic carbocycles. The van der Waals surface area contributed by atoms with Gasteiger partial charge in [0.25, 0.3) is 0 Å². The van der Waals surface area contributed by atoms with Gasteiger partial charge in [-0.1, -0.05) is 12.8 Å². The molecule has 0 unspecified atom stereocenters. The van der Waals surface area contributed by atoms with Crippen molar-refractivity contribution in [2.24, 2.45) is 0 Å². The van der Waals surface area contributed by atoms with Gasteiger partial charge in [-0.05, 0) is 19.8 Å². The van der Waals surface area contributed by atoms with Crippen LogP contribution in [0.3, 0.4) is 0 Å². The molecule has 0 atom stereocenters. The zero-order chi connectivity index (χ0) is 13.5. The van der Waals surface area contributed by atoms with Crippen molar-refractivity contribution in [3.8, 4) is 0 Å². The molecule has 5 heteroatoms. The van der Waals surface area contributed by atoms with Crippen molar-refractivity contribution in [2.45, 2.75) is 38.6 Å². The number of nitrogens with zero attached hydrogens (tertiary/aromatic N) is 2. The van der Waals surface area contributed by atoms with Gasteiger partial charge in [0.15, 0.2) is 0 Å². The van der Waals surface area contributed by atoms with E-state index in [2.05, 4.69) is 0 Å². The minimum Gasteiger partial charge on any atom is -0.468 e. The Morgan fingerprint density at radius 3 is 2.33 bits per heavy atom. The first-order valence-electron chi connectivity index (χ1n) is 6.63. The second-order valence-corrected chi connectivity index (χ2v) is 4.83. The average molecular weight is 256 g/mol. The van der Waals surface area contributed by atoms with Gasteiger partial charge in [0.05, 0.1) is 20.2 Å². The lowest BCUT2D eigenvalue weighted by molar-refractivity contribution is -0.143. The number of methoxy groups -OCH3 is 1. The van der Waals surface area contributed by atoms with Gasteiger partial charge in [-0.3, -0.25) is 14.5 Å². The average Bonchev–Trinajstić information content (AvgIpc) is 2.90. The normalized spacial score (nSPS) is 16.0. The molecule has 0 N–H and O–H groups in total. The Kier molecular flexibility index (Phi) is 6.12. The smallest absolute Gasteiger partial charge is 0.319 e. The Morgan fingerprint density at radius 2 is 1.83 bits per heavy atom. The molecule has 1 rings (SSSR count). The summed E-state index contributed by atoms with van der Waals surface area (Å²) >= 11 is 0. The van der Waals surface area contributed by atoms with E-state index >= 15 is 0 Å². The van der Waals surface area contributed by atoms with E-state index in [1.54, 1.807) is 11.9 Å². The van der Waals surface area contributed by atoms with Crippen LogP contribution in [0.15, 0.2) is 0 Å². The Hall–Kier alpha value is -1.10. The van der Waals surface area contributed by atoms with Crippen molar-refractivity contribution in [1.82, 2.24) is 9.80 Å². The van der Waals surface area contributed by atoms with Gasteiger partial charge >= 0.3 is 5.97 Å². The molecule has 104 valence electrons. The number of hydrogen-bond acceptors (Lipinski definition) is 4. The van der Waals surface area contributed by atoms with Gasteiger partial charge in [-0.2, -0.15) is 0 Å². The molecule has 0 aromatic rings. The highest BCUT2D eigenvalue weighted by Gasteiger charge is 2.27. The molecular weight excluding hydrogens is 232 g/mol. The van der Waals surface area contributed by atoms with Crippen LogP contribution in [0, 0.1) is 0 Å². The zero-order valence-corrected chi connectivity index (χ0v) is 11.6. The lowest BCUT2D eigenvalue weighted by Gasteiger charge is -2.28. The lowest BCUT2D eigenvalue weighted by Crippen LogP contribution is -2.45. The molecule has 0 radical (unpaired) electrons. The molecule has 0 aromatic heterocycles. The van der Waals surface area contributed by atoms with Gasteiger partial charge in [0.2, 0.25) is 5.91 Å². The molecule has 0 saturated heterocycles. The molecule has 0 aromatic carbocycles. The quantitative estimate of drug-likeness (QED) is 0.662. The van der Waals surface area contributed by atoms with E-state index < -0.39 is 0 Å². The van der Waals surface area contributed by atoms with E-state index in [0.717, 1.165) is 12.8 Å². The maximum atomic E-state index is 11.9. The van der Waals surface area contributed by atoms with Crippen molar-refractivity contribution in [3.63, 3.8) is 0 Å². The third-order valence-corrected chi connectivity index (χ3v) is 3.64. The highest BCUT2D eigenvalue weighted by molar-refractivity contribution is 5.79. The van der Waals surface area contributed by atoms with Crippen molar-refractivity contribution in [2.75, 3.05) is 33.8 Å². The van der Waals surface area contributed by atoms with Crippen LogP contribution >= 0.6 is 0 Å². The van der Waals surface area contributed by atoms with Gasteiger partial charge in [-0.15, -0.1) is 0 Å². The number of carbonyl (C=O) groups excluding carboxylic acids is 2. The van der Waals surface area contributed by atoms with E-state index in [-0.39, 0.29) is 18.4 Å². The minimum atomic E-state index is -0.270. The van der Waals surface area contributed by atoms with Gasteiger partial charge < -0.3 is 9.64 Å². The summed E-state index contributed by atoms with van der Waals surface area (Å²) < 4.78 is 4.70. The van der Waals surface area contributed by atoms with Crippen LogP contribution in [-0.4, -0.2) is 61.5 Å². The number of esters is 1. The first kappa shape index (κ1) is 15.0. The zero-order valence-electron chi connectivity index (χ0n) is 11.6. The summed E-state index contributed by atoms with van der Waals surface area (Å²) in [6.07, 6.45) is 4.50. The number of likely N-dealkylation sites (N-methyl/N-ethyl adjacent to an activating group) is 1. The van der Waals surface area contributed by atoms with E-state index in [4.69, 9.17) is 4.74 Å². The summed E-state index contributed by atoms with van der Waals surface area (Å²) in [4.78, 5) is 27.0. The maximum Gasteiger partial charge on any atom is 0.319 e. The van der Waals surface area contributed by atoms with Crippen LogP contribution < -0.4 is 0 Å². The number of rotatable bonds is 6. The van der Waals surface area contributed by atoms with Crippen LogP contribution in [0.2, 0.25) is 0 Å². The van der Waals surface area contributed by atoms with E-state index in [9.17, 15) is 9.59 Å². The molecule has 1 saturated carbocycles. The standard InChI is InChI=1S/C13H24N2O3/c1-4-14(2)12(16)9-15(10-13(17)18-3)11-7-5-6-8-11/h11H,4-10H2,1-3H3. The fourth-order valence-corrected chi connectivity index (χ4v) is 2.28. The summed E-state index contributed by atoms with van der Waals surface area (Å²) in [5.41, 5.74) is 0. The predicted molar refractivity (Wildman–Crippen MR) is 69.2 cm³/mol. The van der Waals surface area contributed by atoms with E-state index in [0.29, 0.717) is 19.1 Å². The number of amides is 1. The van der Waals surface area contributed by atoms with E-state index in [1.807, 2.05) is 11.8 Å². The van der Waals surface area contributed by atoms with Crippen LogP contribution in [0.25, 0.3) is 0 Å². The van der Waals surface area contributed by atoms with Crippen LogP contribution in [0.5, 0.6) is 0 Å². The monoisotopic (exact) mass is 256 g/mol. The minimum absolute atomic E-state index is 0.0632.